The van der Waals surface area contributed by atoms with Crippen molar-refractivity contribution in [1.29, 1.82) is 0 Å². The summed E-state index contributed by atoms with van der Waals surface area (Å²) in [5.41, 5.74) is -0.00124. The van der Waals surface area contributed by atoms with Crippen molar-refractivity contribution in [2.24, 2.45) is 12.1 Å². The van der Waals surface area contributed by atoms with Crippen LogP contribution < -0.4 is 16.3 Å². The number of esters is 2. The molecule has 12 nitrogen and oxygen atoms in total. The molecule has 35 heavy (non-hydrogen) atoms. The third-order valence-electron chi connectivity index (χ3n) is 5.35. The summed E-state index contributed by atoms with van der Waals surface area (Å²) in [5.74, 6) is -1.07. The first kappa shape index (κ1) is 24.2. The van der Waals surface area contributed by atoms with Crippen molar-refractivity contribution in [3.8, 4) is 0 Å². The number of aryl methyl sites for hydroxylation is 1. The van der Waals surface area contributed by atoms with E-state index in [4.69, 9.17) is 21.1 Å². The second kappa shape index (κ2) is 9.74. The molecule has 0 bridgehead atoms. The Labute approximate surface area is 203 Å². The van der Waals surface area contributed by atoms with E-state index in [1.54, 1.807) is 42.7 Å². The van der Waals surface area contributed by atoms with Crippen LogP contribution in [0.25, 0.3) is 11.2 Å². The Balaban J connectivity index is 1.90. The second-order valence-electron chi connectivity index (χ2n) is 7.62. The van der Waals surface area contributed by atoms with Crippen LogP contribution in [0.3, 0.4) is 0 Å². The monoisotopic (exact) mass is 502 g/mol. The first-order valence-electron chi connectivity index (χ1n) is 10.9. The molecule has 1 aliphatic rings. The number of rotatable bonds is 7. The summed E-state index contributed by atoms with van der Waals surface area (Å²) < 4.78 is 13.5. The van der Waals surface area contributed by atoms with Gasteiger partial charge in [-0.05, 0) is 31.5 Å². The molecule has 1 aromatic carbocycles. The molecule has 0 amide bonds. The number of benzene rings is 1. The maximum atomic E-state index is 13.4. The number of halogens is 1. The number of fused-ring (bicyclic) bond motifs is 3. The maximum Gasteiger partial charge on any atom is 0.333 e. The van der Waals surface area contributed by atoms with Crippen LogP contribution in [0, 0.1) is 0 Å². The van der Waals surface area contributed by atoms with Gasteiger partial charge in [-0.25, -0.2) is 14.4 Å². The number of anilines is 1. The summed E-state index contributed by atoms with van der Waals surface area (Å²) in [6.45, 7) is 2.93. The lowest BCUT2D eigenvalue weighted by atomic mass is 10.1. The highest BCUT2D eigenvalue weighted by Gasteiger charge is 2.30. The van der Waals surface area contributed by atoms with Gasteiger partial charge in [0.2, 0.25) is 5.95 Å². The normalized spacial score (nSPS) is 12.9. The van der Waals surface area contributed by atoms with Crippen LogP contribution in [0.15, 0.2) is 39.0 Å². The summed E-state index contributed by atoms with van der Waals surface area (Å²) in [6.07, 6.45) is 0. The van der Waals surface area contributed by atoms with E-state index in [1.807, 2.05) is 0 Å². The lowest BCUT2D eigenvalue weighted by molar-refractivity contribution is -0.144. The highest BCUT2D eigenvalue weighted by atomic mass is 35.5. The van der Waals surface area contributed by atoms with E-state index in [0.29, 0.717) is 16.3 Å². The van der Waals surface area contributed by atoms with E-state index in [0.717, 1.165) is 4.57 Å². The number of nitrogens with zero attached hydrogens (tertiary/aromatic N) is 6. The van der Waals surface area contributed by atoms with Crippen molar-refractivity contribution < 1.29 is 19.1 Å². The fourth-order valence-electron chi connectivity index (χ4n) is 3.78. The van der Waals surface area contributed by atoms with Gasteiger partial charge < -0.3 is 9.47 Å². The zero-order valence-electron chi connectivity index (χ0n) is 19.4. The molecule has 3 heterocycles. The Hall–Kier alpha value is -3.93. The molecule has 0 N–H and O–H groups in total. The molecule has 2 aromatic heterocycles. The smallest absolute Gasteiger partial charge is 0.333 e. The summed E-state index contributed by atoms with van der Waals surface area (Å²) in [4.78, 5) is 55.1. The van der Waals surface area contributed by atoms with Gasteiger partial charge >= 0.3 is 17.6 Å². The van der Waals surface area contributed by atoms with E-state index in [2.05, 4.69) is 10.1 Å². The number of imidazole rings is 1. The summed E-state index contributed by atoms with van der Waals surface area (Å²) >= 11 is 6.02. The zero-order valence-corrected chi connectivity index (χ0v) is 20.1. The largest absolute Gasteiger partial charge is 0.465 e. The number of aromatic nitrogens is 4. The van der Waals surface area contributed by atoms with Crippen LogP contribution in [-0.2, 0) is 39.2 Å². The number of carbonyl (C=O) groups is 2. The van der Waals surface area contributed by atoms with Gasteiger partial charge in [0.1, 0.15) is 13.1 Å². The van der Waals surface area contributed by atoms with E-state index >= 15 is 0 Å². The minimum atomic E-state index is -0.721. The average Bonchev–Trinajstić information content (AvgIpc) is 3.21. The van der Waals surface area contributed by atoms with E-state index in [1.165, 1.54) is 16.6 Å². The van der Waals surface area contributed by atoms with Gasteiger partial charge in [0.25, 0.3) is 5.56 Å². The standard InChI is InChI=1S/C22H23ClN6O6/c1-4-34-16(30)11-28-20(32)18-19(26(3)22(28)33)24-21-27(18)10-15(13-6-8-14(23)9-7-13)25-29(21)12-17(31)35-5-2/h6-9H,4-5,10-12H2,1-3H3. The average molecular weight is 503 g/mol. The lowest BCUT2D eigenvalue weighted by Crippen LogP contribution is -2.42. The molecule has 0 unspecified atom stereocenters. The van der Waals surface area contributed by atoms with Crippen LogP contribution in [0.5, 0.6) is 0 Å². The predicted octanol–water partition coefficient (Wildman–Crippen LogP) is 0.901. The predicted molar refractivity (Wildman–Crippen MR) is 128 cm³/mol. The Bertz CT molecular complexity index is 1450. The van der Waals surface area contributed by atoms with Gasteiger partial charge in [-0.1, -0.05) is 23.7 Å². The Morgan fingerprint density at radius 1 is 1.03 bits per heavy atom. The van der Waals surface area contributed by atoms with Crippen molar-refractivity contribution in [3.05, 3.63) is 55.7 Å². The van der Waals surface area contributed by atoms with Crippen molar-refractivity contribution in [1.82, 2.24) is 18.7 Å². The van der Waals surface area contributed by atoms with Crippen LogP contribution in [-0.4, -0.2) is 56.1 Å². The van der Waals surface area contributed by atoms with Gasteiger partial charge in [0, 0.05) is 12.1 Å². The van der Waals surface area contributed by atoms with Gasteiger partial charge in [0.15, 0.2) is 11.2 Å². The second-order valence-corrected chi connectivity index (χ2v) is 8.06. The molecule has 3 aromatic rings. The molecular formula is C22H23ClN6O6. The Kier molecular flexibility index (Phi) is 6.74. The molecule has 0 radical (unpaired) electrons. The van der Waals surface area contributed by atoms with Gasteiger partial charge in [-0.2, -0.15) is 10.1 Å². The minimum Gasteiger partial charge on any atom is -0.465 e. The number of ether oxygens (including phenoxy) is 2. The fourth-order valence-corrected chi connectivity index (χ4v) is 3.91. The third-order valence-corrected chi connectivity index (χ3v) is 5.60. The number of carbonyl (C=O) groups excluding carboxylic acids is 2. The van der Waals surface area contributed by atoms with E-state index in [-0.39, 0.29) is 43.4 Å². The number of hydrazone groups is 1. The Morgan fingerprint density at radius 3 is 2.29 bits per heavy atom. The van der Waals surface area contributed by atoms with Crippen LogP contribution in [0.1, 0.15) is 19.4 Å². The summed E-state index contributed by atoms with van der Waals surface area (Å²) in [6, 6.07) is 6.94. The van der Waals surface area contributed by atoms with Crippen LogP contribution in [0.4, 0.5) is 5.95 Å². The van der Waals surface area contributed by atoms with Gasteiger partial charge in [0.05, 0.1) is 25.5 Å². The maximum absolute atomic E-state index is 13.4. The SMILES string of the molecule is CCOC(=O)CN1N=C(c2ccc(Cl)cc2)Cn2c1nc1c2c(=O)n(CC(=O)OCC)c(=O)n1C. The number of hydrogen-bond acceptors (Lipinski definition) is 9. The zero-order chi connectivity index (χ0) is 25.3. The third kappa shape index (κ3) is 4.56. The number of hydrogen-bond donors (Lipinski definition) is 0. The molecule has 0 saturated carbocycles. The molecule has 0 atom stereocenters. The molecule has 0 aliphatic carbocycles. The molecule has 0 fully saturated rings. The topological polar surface area (TPSA) is 130 Å². The first-order chi connectivity index (χ1) is 16.7. The lowest BCUT2D eigenvalue weighted by Gasteiger charge is -2.25. The minimum absolute atomic E-state index is 0.0848. The van der Waals surface area contributed by atoms with Crippen molar-refractivity contribution in [2.75, 3.05) is 24.8 Å². The van der Waals surface area contributed by atoms with Crippen LogP contribution >= 0.6 is 11.6 Å². The van der Waals surface area contributed by atoms with Gasteiger partial charge in [-0.15, -0.1) is 0 Å². The highest BCUT2D eigenvalue weighted by molar-refractivity contribution is 6.30. The van der Waals surface area contributed by atoms with E-state index < -0.39 is 29.7 Å². The molecule has 1 aliphatic heterocycles. The molecule has 0 spiro atoms. The molecule has 184 valence electrons. The molecular weight excluding hydrogens is 480 g/mol. The summed E-state index contributed by atoms with van der Waals surface area (Å²) in [7, 11) is 1.45. The van der Waals surface area contributed by atoms with Crippen molar-refractivity contribution in [2.45, 2.75) is 26.9 Å². The Morgan fingerprint density at radius 2 is 1.66 bits per heavy atom. The highest BCUT2D eigenvalue weighted by Crippen LogP contribution is 2.25. The van der Waals surface area contributed by atoms with Crippen LogP contribution in [0.2, 0.25) is 5.02 Å². The van der Waals surface area contributed by atoms with Crippen molar-refractivity contribution >= 4 is 46.4 Å². The van der Waals surface area contributed by atoms with Gasteiger partial charge in [-0.3, -0.25) is 23.5 Å². The van der Waals surface area contributed by atoms with Crippen molar-refractivity contribution in [3.63, 3.8) is 0 Å². The molecule has 13 heteroatoms. The molecule has 4 rings (SSSR count). The fraction of sp³-hybridized carbons (Fsp3) is 0.364. The van der Waals surface area contributed by atoms with E-state index in [9.17, 15) is 19.2 Å². The quantitative estimate of drug-likeness (QED) is 0.436. The summed E-state index contributed by atoms with van der Waals surface area (Å²) in [5, 5.41) is 6.44. The molecule has 0 saturated heterocycles. The first-order valence-corrected chi connectivity index (χ1v) is 11.2.